The fraction of sp³-hybridized carbons (Fsp3) is 0.400. The number of imide groups is 1. The Hall–Kier alpha value is -3.20. The summed E-state index contributed by atoms with van der Waals surface area (Å²) in [5, 5.41) is 2.92. The molecule has 8 nitrogen and oxygen atoms in total. The highest BCUT2D eigenvalue weighted by Crippen LogP contribution is 2.39. The number of nitrogens with one attached hydrogen (secondary N) is 1. The second-order valence-electron chi connectivity index (χ2n) is 8.86. The fourth-order valence-corrected chi connectivity index (χ4v) is 5.48. The molecule has 3 atom stereocenters. The average Bonchev–Trinajstić information content (AvgIpc) is 3.40. The van der Waals surface area contributed by atoms with Crippen molar-refractivity contribution in [3.8, 4) is 11.3 Å². The van der Waals surface area contributed by atoms with Crippen LogP contribution in [-0.2, 0) is 14.4 Å². The highest BCUT2D eigenvalue weighted by Gasteiger charge is 2.51. The molecule has 1 N–H and O–H groups in total. The number of carbonyl (C=O) groups excluding carboxylic acids is 3. The standard InChI is InChI=1S/C25H27N5O3S/c1-34-14-11-21(30-23(32)18-5-2-3-6-19(18)24(30)33)22(31)27-17-9-7-16(8-10-17)20-15-29-13-4-12-26-25(29)28-20/h4,7-10,12-13,15,18-19,21H,2-3,5-6,11,14H2,1H3,(H,27,31). The molecule has 3 aromatic rings. The smallest absolute Gasteiger partial charge is 0.247 e. The fourth-order valence-electron chi connectivity index (χ4n) is 5.02. The van der Waals surface area contributed by atoms with Crippen LogP contribution in [0.4, 0.5) is 5.69 Å². The minimum atomic E-state index is -0.790. The molecule has 1 aromatic carbocycles. The zero-order chi connectivity index (χ0) is 23.7. The van der Waals surface area contributed by atoms with Crippen molar-refractivity contribution >= 4 is 40.9 Å². The first-order valence-electron chi connectivity index (χ1n) is 11.6. The van der Waals surface area contributed by atoms with E-state index >= 15 is 0 Å². The number of benzene rings is 1. The van der Waals surface area contributed by atoms with Crippen molar-refractivity contribution in [2.75, 3.05) is 17.3 Å². The van der Waals surface area contributed by atoms with Gasteiger partial charge in [-0.25, -0.2) is 9.97 Å². The Kier molecular flexibility index (Phi) is 6.36. The van der Waals surface area contributed by atoms with Crippen LogP contribution >= 0.6 is 11.8 Å². The van der Waals surface area contributed by atoms with Crippen molar-refractivity contribution in [3.63, 3.8) is 0 Å². The number of imidazole rings is 1. The summed E-state index contributed by atoms with van der Waals surface area (Å²) < 4.78 is 1.85. The Bertz CT molecular complexity index is 1170. The third-order valence-electron chi connectivity index (χ3n) is 6.77. The van der Waals surface area contributed by atoms with Crippen LogP contribution in [0.2, 0.25) is 0 Å². The van der Waals surface area contributed by atoms with Gasteiger partial charge in [-0.1, -0.05) is 25.0 Å². The van der Waals surface area contributed by atoms with Crippen LogP contribution in [0.1, 0.15) is 32.1 Å². The van der Waals surface area contributed by atoms with E-state index < -0.39 is 6.04 Å². The molecule has 3 unspecified atom stereocenters. The van der Waals surface area contributed by atoms with Gasteiger partial charge < -0.3 is 5.32 Å². The molecule has 9 heteroatoms. The lowest BCUT2D eigenvalue weighted by atomic mass is 9.81. The van der Waals surface area contributed by atoms with Gasteiger partial charge in [0.25, 0.3) is 0 Å². The second kappa shape index (κ2) is 9.58. The summed E-state index contributed by atoms with van der Waals surface area (Å²) in [4.78, 5) is 49.5. The average molecular weight is 478 g/mol. The lowest BCUT2D eigenvalue weighted by Crippen LogP contribution is -2.48. The molecule has 1 aliphatic carbocycles. The Morgan fingerprint density at radius 3 is 2.50 bits per heavy atom. The first kappa shape index (κ1) is 22.6. The number of likely N-dealkylation sites (tertiary alicyclic amines) is 1. The number of fused-ring (bicyclic) bond motifs is 2. The van der Waals surface area contributed by atoms with Crippen molar-refractivity contribution in [2.45, 2.75) is 38.1 Å². The Labute approximate surface area is 202 Å². The van der Waals surface area contributed by atoms with Crippen molar-refractivity contribution in [1.29, 1.82) is 0 Å². The van der Waals surface area contributed by atoms with Crippen LogP contribution in [0, 0.1) is 11.8 Å². The number of hydrogen-bond donors (Lipinski definition) is 1. The molecule has 3 amide bonds. The first-order chi connectivity index (χ1) is 16.6. The number of thioether (sulfide) groups is 1. The summed E-state index contributed by atoms with van der Waals surface area (Å²) in [7, 11) is 0. The zero-order valence-corrected chi connectivity index (χ0v) is 19.8. The topological polar surface area (TPSA) is 96.7 Å². The molecule has 0 spiro atoms. The molecule has 3 heterocycles. The molecule has 176 valence electrons. The minimum Gasteiger partial charge on any atom is -0.324 e. The van der Waals surface area contributed by atoms with E-state index in [1.807, 2.05) is 53.4 Å². The molecule has 1 saturated heterocycles. The summed E-state index contributed by atoms with van der Waals surface area (Å²) in [6.45, 7) is 0. The molecule has 34 heavy (non-hydrogen) atoms. The van der Waals surface area contributed by atoms with Crippen molar-refractivity contribution in [2.24, 2.45) is 11.8 Å². The zero-order valence-electron chi connectivity index (χ0n) is 19.0. The molecule has 2 aliphatic rings. The van der Waals surface area contributed by atoms with Gasteiger partial charge >= 0.3 is 0 Å². The van der Waals surface area contributed by atoms with Gasteiger partial charge in [0, 0.05) is 29.8 Å². The van der Waals surface area contributed by atoms with E-state index in [9.17, 15) is 14.4 Å². The molecule has 5 rings (SSSR count). The Morgan fingerprint density at radius 1 is 1.15 bits per heavy atom. The maximum absolute atomic E-state index is 13.3. The summed E-state index contributed by atoms with van der Waals surface area (Å²) in [5.74, 6) is 0.116. The van der Waals surface area contributed by atoms with E-state index in [1.165, 1.54) is 4.90 Å². The van der Waals surface area contributed by atoms with E-state index in [0.29, 0.717) is 23.6 Å². The summed E-state index contributed by atoms with van der Waals surface area (Å²) in [6, 6.07) is 8.44. The lowest BCUT2D eigenvalue weighted by Gasteiger charge is -2.26. The first-order valence-corrected chi connectivity index (χ1v) is 13.0. The van der Waals surface area contributed by atoms with Gasteiger partial charge in [0.15, 0.2) is 0 Å². The number of amides is 3. The molecule has 1 saturated carbocycles. The summed E-state index contributed by atoms with van der Waals surface area (Å²) in [5.41, 5.74) is 2.29. The van der Waals surface area contributed by atoms with E-state index in [4.69, 9.17) is 0 Å². The van der Waals surface area contributed by atoms with Crippen molar-refractivity contribution in [3.05, 3.63) is 48.9 Å². The molecular weight excluding hydrogens is 450 g/mol. The molecule has 0 radical (unpaired) electrons. The van der Waals surface area contributed by atoms with Crippen LogP contribution in [-0.4, -0.2) is 55.0 Å². The van der Waals surface area contributed by atoms with Crippen molar-refractivity contribution < 1.29 is 14.4 Å². The minimum absolute atomic E-state index is 0.174. The van der Waals surface area contributed by atoms with Gasteiger partial charge in [-0.05, 0) is 49.5 Å². The van der Waals surface area contributed by atoms with Crippen LogP contribution in [0.15, 0.2) is 48.9 Å². The molecule has 2 aromatic heterocycles. The van der Waals surface area contributed by atoms with E-state index in [2.05, 4.69) is 15.3 Å². The van der Waals surface area contributed by atoms with Gasteiger partial charge in [0.1, 0.15) is 6.04 Å². The Morgan fingerprint density at radius 2 is 1.85 bits per heavy atom. The van der Waals surface area contributed by atoms with E-state index in [-0.39, 0.29) is 29.6 Å². The van der Waals surface area contributed by atoms with Crippen LogP contribution in [0.5, 0.6) is 0 Å². The van der Waals surface area contributed by atoms with E-state index in [0.717, 1.165) is 36.9 Å². The highest BCUT2D eigenvalue weighted by molar-refractivity contribution is 7.98. The SMILES string of the molecule is CSCCC(C(=O)Nc1ccc(-c2cn3cccnc3n2)cc1)N1C(=O)C2CCCCC2C1=O. The van der Waals surface area contributed by atoms with Crippen LogP contribution < -0.4 is 5.32 Å². The van der Waals surface area contributed by atoms with E-state index in [1.54, 1.807) is 18.0 Å². The normalized spacial score (nSPS) is 21.0. The number of carbonyl (C=O) groups is 3. The van der Waals surface area contributed by atoms with Gasteiger partial charge in [0.2, 0.25) is 23.5 Å². The largest absolute Gasteiger partial charge is 0.324 e. The Balaban J connectivity index is 1.33. The van der Waals surface area contributed by atoms with Crippen LogP contribution in [0.25, 0.3) is 17.0 Å². The third kappa shape index (κ3) is 4.20. The lowest BCUT2D eigenvalue weighted by molar-refractivity contribution is -0.146. The monoisotopic (exact) mass is 477 g/mol. The number of nitrogens with zero attached hydrogens (tertiary/aromatic N) is 4. The molecule has 1 aliphatic heterocycles. The van der Waals surface area contributed by atoms with Gasteiger partial charge in [-0.3, -0.25) is 23.7 Å². The van der Waals surface area contributed by atoms with Gasteiger partial charge in [-0.15, -0.1) is 0 Å². The molecular formula is C25H27N5O3S. The summed E-state index contributed by atoms with van der Waals surface area (Å²) in [6.07, 6.45) is 11.3. The predicted molar refractivity (Wildman–Crippen MR) is 131 cm³/mol. The van der Waals surface area contributed by atoms with Crippen molar-refractivity contribution in [1.82, 2.24) is 19.3 Å². The maximum Gasteiger partial charge on any atom is 0.247 e. The second-order valence-corrected chi connectivity index (χ2v) is 9.85. The molecule has 0 bridgehead atoms. The van der Waals surface area contributed by atoms with Crippen LogP contribution in [0.3, 0.4) is 0 Å². The van der Waals surface area contributed by atoms with Gasteiger partial charge in [0.05, 0.1) is 17.5 Å². The predicted octanol–water partition coefficient (Wildman–Crippen LogP) is 3.63. The summed E-state index contributed by atoms with van der Waals surface area (Å²) >= 11 is 1.60. The molecule has 2 fully saturated rings. The number of hydrogen-bond acceptors (Lipinski definition) is 6. The number of aromatic nitrogens is 3. The highest BCUT2D eigenvalue weighted by atomic mass is 32.2. The maximum atomic E-state index is 13.3. The van der Waals surface area contributed by atoms with Gasteiger partial charge in [-0.2, -0.15) is 11.8 Å². The quantitative estimate of drug-likeness (QED) is 0.522. The number of anilines is 1. The third-order valence-corrected chi connectivity index (χ3v) is 7.41. The number of rotatable bonds is 7.